The molecule has 4 rings (SSSR count). The number of nitrogens with one attached hydrogen (secondary N) is 1. The molecule has 1 aromatic heterocycles. The number of halogens is 1. The first-order chi connectivity index (χ1) is 14.1. The van der Waals surface area contributed by atoms with Gasteiger partial charge in [-0.25, -0.2) is 0 Å². The first kappa shape index (κ1) is 19.2. The zero-order valence-electron chi connectivity index (χ0n) is 15.7. The van der Waals surface area contributed by atoms with E-state index in [-0.39, 0.29) is 11.8 Å². The van der Waals surface area contributed by atoms with Crippen molar-refractivity contribution in [3.05, 3.63) is 100 Å². The summed E-state index contributed by atoms with van der Waals surface area (Å²) in [6.45, 7) is 0.810. The van der Waals surface area contributed by atoms with Crippen molar-refractivity contribution in [2.75, 3.05) is 6.54 Å². The Kier molecular flexibility index (Phi) is 5.58. The van der Waals surface area contributed by atoms with Gasteiger partial charge in [0.2, 0.25) is 5.91 Å². The highest BCUT2D eigenvalue weighted by molar-refractivity contribution is 6.30. The van der Waals surface area contributed by atoms with Crippen LogP contribution in [-0.2, 0) is 17.8 Å². The van der Waals surface area contributed by atoms with E-state index in [2.05, 4.69) is 10.3 Å². The van der Waals surface area contributed by atoms with Crippen LogP contribution in [0.1, 0.15) is 33.1 Å². The lowest BCUT2D eigenvalue weighted by molar-refractivity contribution is -0.125. The predicted molar refractivity (Wildman–Crippen MR) is 111 cm³/mol. The molecule has 1 N–H and O–H groups in total. The number of aromatic nitrogens is 1. The molecular formula is C23H20ClN3O2. The summed E-state index contributed by atoms with van der Waals surface area (Å²) in [7, 11) is 0. The van der Waals surface area contributed by atoms with Crippen LogP contribution < -0.4 is 5.32 Å². The molecule has 0 unspecified atom stereocenters. The number of carbonyl (C=O) groups excluding carboxylic acids is 2. The number of pyridine rings is 1. The first-order valence-corrected chi connectivity index (χ1v) is 9.82. The highest BCUT2D eigenvalue weighted by Crippen LogP contribution is 2.34. The predicted octanol–water partition coefficient (Wildman–Crippen LogP) is 3.79. The zero-order valence-corrected chi connectivity index (χ0v) is 16.5. The SMILES string of the molecule is O=C(NCc1cccnc1)[C@@H]1c2ccccc2C(=O)N1CCc1ccc(Cl)cc1. The minimum absolute atomic E-state index is 0.115. The molecule has 1 aliphatic rings. The Bertz CT molecular complexity index is 1020. The molecule has 1 aliphatic heterocycles. The number of carbonyl (C=O) groups is 2. The molecule has 1 atom stereocenters. The van der Waals surface area contributed by atoms with Crippen LogP contribution in [0.4, 0.5) is 0 Å². The molecule has 29 heavy (non-hydrogen) atoms. The Morgan fingerprint density at radius 1 is 1.03 bits per heavy atom. The smallest absolute Gasteiger partial charge is 0.255 e. The molecule has 0 spiro atoms. The number of nitrogens with zero attached hydrogens (tertiary/aromatic N) is 2. The summed E-state index contributed by atoms with van der Waals surface area (Å²) in [6.07, 6.45) is 4.05. The third-order valence-electron chi connectivity index (χ3n) is 5.05. The Hall–Kier alpha value is -3.18. The fourth-order valence-electron chi connectivity index (χ4n) is 3.57. The average Bonchev–Trinajstić information content (AvgIpc) is 3.04. The summed E-state index contributed by atoms with van der Waals surface area (Å²) in [5, 5.41) is 3.62. The fraction of sp³-hybridized carbons (Fsp3) is 0.174. The quantitative estimate of drug-likeness (QED) is 0.678. The second-order valence-electron chi connectivity index (χ2n) is 6.94. The standard InChI is InChI=1S/C23H20ClN3O2/c24-18-9-7-16(8-10-18)11-13-27-21(19-5-1-2-6-20(19)23(27)29)22(28)26-15-17-4-3-12-25-14-17/h1-10,12,14,21H,11,13,15H2,(H,26,28)/t21-/m0/s1. The summed E-state index contributed by atoms with van der Waals surface area (Å²) < 4.78 is 0. The molecule has 6 heteroatoms. The second-order valence-corrected chi connectivity index (χ2v) is 7.38. The van der Waals surface area contributed by atoms with Crippen LogP contribution in [0, 0.1) is 0 Å². The minimum Gasteiger partial charge on any atom is -0.350 e. The van der Waals surface area contributed by atoms with Crippen LogP contribution >= 0.6 is 11.6 Å². The van der Waals surface area contributed by atoms with Gasteiger partial charge in [0.1, 0.15) is 6.04 Å². The van der Waals surface area contributed by atoms with Gasteiger partial charge in [-0.3, -0.25) is 14.6 Å². The summed E-state index contributed by atoms with van der Waals surface area (Å²) in [4.78, 5) is 31.7. The van der Waals surface area contributed by atoms with Crippen LogP contribution in [0.15, 0.2) is 73.1 Å². The van der Waals surface area contributed by atoms with E-state index < -0.39 is 6.04 Å². The summed E-state index contributed by atoms with van der Waals surface area (Å²) in [5.41, 5.74) is 3.31. The molecule has 5 nitrogen and oxygen atoms in total. The number of hydrogen-bond acceptors (Lipinski definition) is 3. The third-order valence-corrected chi connectivity index (χ3v) is 5.30. The van der Waals surface area contributed by atoms with Crippen molar-refractivity contribution < 1.29 is 9.59 Å². The van der Waals surface area contributed by atoms with Gasteiger partial charge in [-0.1, -0.05) is 48.0 Å². The lowest BCUT2D eigenvalue weighted by Gasteiger charge is -2.24. The number of hydrogen-bond donors (Lipinski definition) is 1. The number of benzene rings is 2. The maximum atomic E-state index is 13.1. The Morgan fingerprint density at radius 3 is 2.59 bits per heavy atom. The second kappa shape index (κ2) is 8.45. The molecule has 146 valence electrons. The number of amides is 2. The highest BCUT2D eigenvalue weighted by atomic mass is 35.5. The van der Waals surface area contributed by atoms with Crippen LogP contribution in [0.3, 0.4) is 0 Å². The third kappa shape index (κ3) is 4.15. The zero-order chi connectivity index (χ0) is 20.2. The normalized spacial score (nSPS) is 15.3. The van der Waals surface area contributed by atoms with E-state index in [4.69, 9.17) is 11.6 Å². The van der Waals surface area contributed by atoms with E-state index in [9.17, 15) is 9.59 Å². The molecule has 2 heterocycles. The monoisotopic (exact) mass is 405 g/mol. The van der Waals surface area contributed by atoms with Crippen molar-refractivity contribution in [3.63, 3.8) is 0 Å². The van der Waals surface area contributed by atoms with Gasteiger partial charge in [-0.2, -0.15) is 0 Å². The Labute approximate surface area is 174 Å². The molecule has 3 aromatic rings. The largest absolute Gasteiger partial charge is 0.350 e. The maximum Gasteiger partial charge on any atom is 0.255 e. The van der Waals surface area contributed by atoms with Crippen LogP contribution in [0.2, 0.25) is 5.02 Å². The van der Waals surface area contributed by atoms with E-state index in [0.29, 0.717) is 30.1 Å². The molecule has 0 bridgehead atoms. The van der Waals surface area contributed by atoms with Crippen molar-refractivity contribution in [1.29, 1.82) is 0 Å². The van der Waals surface area contributed by atoms with Crippen molar-refractivity contribution in [3.8, 4) is 0 Å². The van der Waals surface area contributed by atoms with Crippen LogP contribution in [0.25, 0.3) is 0 Å². The van der Waals surface area contributed by atoms with Crippen molar-refractivity contribution in [2.45, 2.75) is 19.0 Å². The maximum absolute atomic E-state index is 13.1. The van der Waals surface area contributed by atoms with Gasteiger partial charge in [-0.15, -0.1) is 0 Å². The summed E-state index contributed by atoms with van der Waals surface area (Å²) in [6, 6.07) is 17.9. The lowest BCUT2D eigenvalue weighted by Crippen LogP contribution is -2.39. The molecular weight excluding hydrogens is 386 g/mol. The molecule has 0 fully saturated rings. The minimum atomic E-state index is -0.636. The summed E-state index contributed by atoms with van der Waals surface area (Å²) >= 11 is 5.95. The molecule has 2 amide bonds. The topological polar surface area (TPSA) is 62.3 Å². The molecule has 0 aliphatic carbocycles. The lowest BCUT2D eigenvalue weighted by atomic mass is 10.0. The van der Waals surface area contributed by atoms with E-state index in [1.54, 1.807) is 23.4 Å². The van der Waals surface area contributed by atoms with Gasteiger partial charge in [0.15, 0.2) is 0 Å². The molecule has 2 aromatic carbocycles. The fourth-order valence-corrected chi connectivity index (χ4v) is 3.70. The van der Waals surface area contributed by atoms with E-state index in [0.717, 1.165) is 16.7 Å². The Balaban J connectivity index is 1.53. The number of rotatable bonds is 6. The van der Waals surface area contributed by atoms with Gasteiger partial charge >= 0.3 is 0 Å². The van der Waals surface area contributed by atoms with Gasteiger partial charge in [0.05, 0.1) is 0 Å². The molecule has 0 saturated heterocycles. The van der Waals surface area contributed by atoms with Crippen molar-refractivity contribution >= 4 is 23.4 Å². The van der Waals surface area contributed by atoms with E-state index in [1.807, 2.05) is 54.6 Å². The van der Waals surface area contributed by atoms with Crippen LogP contribution in [-0.4, -0.2) is 28.2 Å². The first-order valence-electron chi connectivity index (χ1n) is 9.44. The molecule has 0 radical (unpaired) electrons. The van der Waals surface area contributed by atoms with E-state index in [1.165, 1.54) is 0 Å². The average molecular weight is 406 g/mol. The van der Waals surface area contributed by atoms with Crippen molar-refractivity contribution in [2.24, 2.45) is 0 Å². The van der Waals surface area contributed by atoms with Gasteiger partial charge in [0, 0.05) is 36.1 Å². The Morgan fingerprint density at radius 2 is 1.83 bits per heavy atom. The van der Waals surface area contributed by atoms with Crippen LogP contribution in [0.5, 0.6) is 0 Å². The van der Waals surface area contributed by atoms with E-state index >= 15 is 0 Å². The summed E-state index contributed by atoms with van der Waals surface area (Å²) in [5.74, 6) is -0.306. The molecule has 0 saturated carbocycles. The highest BCUT2D eigenvalue weighted by Gasteiger charge is 2.40. The van der Waals surface area contributed by atoms with Gasteiger partial charge < -0.3 is 10.2 Å². The van der Waals surface area contributed by atoms with Crippen molar-refractivity contribution in [1.82, 2.24) is 15.2 Å². The van der Waals surface area contributed by atoms with Gasteiger partial charge in [0.25, 0.3) is 5.91 Å². The van der Waals surface area contributed by atoms with Gasteiger partial charge in [-0.05, 0) is 47.4 Å². The number of fused-ring (bicyclic) bond motifs is 1.